The fourth-order valence-corrected chi connectivity index (χ4v) is 2.86. The van der Waals surface area contributed by atoms with E-state index in [-0.39, 0.29) is 11.4 Å². The number of nitrogens with one attached hydrogen (secondary N) is 1. The Morgan fingerprint density at radius 3 is 2.65 bits per heavy atom. The van der Waals surface area contributed by atoms with Crippen molar-refractivity contribution in [3.63, 3.8) is 0 Å². The molecule has 1 saturated carbocycles. The third-order valence-electron chi connectivity index (χ3n) is 2.98. The zero-order chi connectivity index (χ0) is 12.5. The maximum atomic E-state index is 12.9. The van der Waals surface area contributed by atoms with Gasteiger partial charge < -0.3 is 5.11 Å². The number of hydrogen-bond donors (Lipinski definition) is 2. The van der Waals surface area contributed by atoms with Crippen molar-refractivity contribution < 1.29 is 17.9 Å². The quantitative estimate of drug-likeness (QED) is 0.848. The molecule has 0 saturated heterocycles. The van der Waals surface area contributed by atoms with Crippen LogP contribution in [0.25, 0.3) is 0 Å². The number of sulfonamides is 1. The molecule has 2 rings (SSSR count). The summed E-state index contributed by atoms with van der Waals surface area (Å²) in [6.07, 6.45) is 2.09. The van der Waals surface area contributed by atoms with Gasteiger partial charge in [-0.2, -0.15) is 0 Å². The molecule has 6 heteroatoms. The molecule has 1 aliphatic rings. The molecule has 0 unspecified atom stereocenters. The number of aliphatic hydroxyl groups is 1. The minimum Gasteiger partial charge on any atom is -0.389 e. The van der Waals surface area contributed by atoms with Gasteiger partial charge in [0.15, 0.2) is 0 Å². The van der Waals surface area contributed by atoms with Gasteiger partial charge in [-0.15, -0.1) is 0 Å². The van der Waals surface area contributed by atoms with Crippen molar-refractivity contribution in [3.05, 3.63) is 30.1 Å². The van der Waals surface area contributed by atoms with Crippen molar-refractivity contribution in [3.8, 4) is 0 Å². The average Bonchev–Trinajstić information content (AvgIpc) is 2.24. The molecule has 17 heavy (non-hydrogen) atoms. The van der Waals surface area contributed by atoms with Gasteiger partial charge in [0, 0.05) is 6.54 Å². The zero-order valence-corrected chi connectivity index (χ0v) is 10.0. The third kappa shape index (κ3) is 2.83. The smallest absolute Gasteiger partial charge is 0.240 e. The first-order chi connectivity index (χ1) is 7.91. The minimum absolute atomic E-state index is 0.0220. The normalized spacial score (nSPS) is 18.7. The molecule has 94 valence electrons. The van der Waals surface area contributed by atoms with E-state index >= 15 is 0 Å². The van der Waals surface area contributed by atoms with Gasteiger partial charge in [0.1, 0.15) is 5.82 Å². The van der Waals surface area contributed by atoms with E-state index in [1.807, 2.05) is 0 Å². The van der Waals surface area contributed by atoms with Crippen molar-refractivity contribution in [1.82, 2.24) is 4.72 Å². The van der Waals surface area contributed by atoms with Crippen LogP contribution in [0, 0.1) is 5.82 Å². The van der Waals surface area contributed by atoms with E-state index in [0.29, 0.717) is 12.8 Å². The number of hydrogen-bond acceptors (Lipinski definition) is 3. The Balaban J connectivity index is 2.08. The molecule has 0 radical (unpaired) electrons. The Kier molecular flexibility index (Phi) is 3.20. The number of benzene rings is 1. The molecule has 1 aliphatic carbocycles. The number of halogens is 1. The zero-order valence-electron chi connectivity index (χ0n) is 9.19. The molecule has 0 aromatic heterocycles. The summed E-state index contributed by atoms with van der Waals surface area (Å²) in [7, 11) is -3.74. The molecular formula is C11H14FNO3S. The van der Waals surface area contributed by atoms with Crippen LogP contribution >= 0.6 is 0 Å². The summed E-state index contributed by atoms with van der Waals surface area (Å²) in [6.45, 7) is -0.0220. The van der Waals surface area contributed by atoms with Gasteiger partial charge in [0.05, 0.1) is 10.5 Å². The van der Waals surface area contributed by atoms with E-state index in [4.69, 9.17) is 0 Å². The van der Waals surface area contributed by atoms with Crippen LogP contribution < -0.4 is 4.72 Å². The van der Waals surface area contributed by atoms with Crippen molar-refractivity contribution in [2.75, 3.05) is 6.54 Å². The molecule has 0 amide bonds. The van der Waals surface area contributed by atoms with Crippen molar-refractivity contribution >= 4 is 10.0 Å². The molecule has 2 N–H and O–H groups in total. The van der Waals surface area contributed by atoms with Gasteiger partial charge in [0.25, 0.3) is 0 Å². The molecule has 0 bridgehead atoms. The highest BCUT2D eigenvalue weighted by Gasteiger charge is 2.35. The third-order valence-corrected chi connectivity index (χ3v) is 4.38. The second kappa shape index (κ2) is 4.36. The van der Waals surface area contributed by atoms with Crippen LogP contribution in [-0.2, 0) is 10.0 Å². The molecule has 1 aromatic carbocycles. The predicted octanol–water partition coefficient (Wildman–Crippen LogP) is 1.02. The Hall–Kier alpha value is -0.980. The second-order valence-corrected chi connectivity index (χ2v) is 6.13. The first kappa shape index (κ1) is 12.5. The van der Waals surface area contributed by atoms with Gasteiger partial charge in [-0.05, 0) is 37.5 Å². The van der Waals surface area contributed by atoms with Gasteiger partial charge in [0.2, 0.25) is 10.0 Å². The summed E-state index contributed by atoms with van der Waals surface area (Å²) in [5.41, 5.74) is -0.930. The highest BCUT2D eigenvalue weighted by atomic mass is 32.2. The van der Waals surface area contributed by atoms with E-state index in [1.54, 1.807) is 0 Å². The van der Waals surface area contributed by atoms with E-state index in [1.165, 1.54) is 18.2 Å². The van der Waals surface area contributed by atoms with Crippen LogP contribution in [0.2, 0.25) is 0 Å². The molecule has 0 atom stereocenters. The maximum Gasteiger partial charge on any atom is 0.240 e. The average molecular weight is 259 g/mol. The van der Waals surface area contributed by atoms with E-state index in [0.717, 1.165) is 12.5 Å². The van der Waals surface area contributed by atoms with Crippen LogP contribution in [0.15, 0.2) is 29.2 Å². The maximum absolute atomic E-state index is 12.9. The van der Waals surface area contributed by atoms with Gasteiger partial charge in [-0.25, -0.2) is 17.5 Å². The Morgan fingerprint density at radius 1 is 1.41 bits per heavy atom. The van der Waals surface area contributed by atoms with E-state index in [9.17, 15) is 17.9 Å². The summed E-state index contributed by atoms with van der Waals surface area (Å²) in [5.74, 6) is -0.602. The van der Waals surface area contributed by atoms with Gasteiger partial charge >= 0.3 is 0 Å². The van der Waals surface area contributed by atoms with E-state index in [2.05, 4.69) is 4.72 Å². The van der Waals surface area contributed by atoms with Gasteiger partial charge in [-0.3, -0.25) is 0 Å². The lowest BCUT2D eigenvalue weighted by Crippen LogP contribution is -2.47. The van der Waals surface area contributed by atoms with E-state index < -0.39 is 21.4 Å². The summed E-state index contributed by atoms with van der Waals surface area (Å²) in [6, 6.07) is 4.78. The Morgan fingerprint density at radius 2 is 2.12 bits per heavy atom. The highest BCUT2D eigenvalue weighted by Crippen LogP contribution is 2.31. The monoisotopic (exact) mass is 259 g/mol. The fraction of sp³-hybridized carbons (Fsp3) is 0.455. The predicted molar refractivity (Wildman–Crippen MR) is 60.4 cm³/mol. The molecule has 4 nitrogen and oxygen atoms in total. The number of rotatable bonds is 4. The van der Waals surface area contributed by atoms with Crippen LogP contribution in [0.1, 0.15) is 19.3 Å². The largest absolute Gasteiger partial charge is 0.389 e. The molecular weight excluding hydrogens is 245 g/mol. The molecule has 1 fully saturated rings. The highest BCUT2D eigenvalue weighted by molar-refractivity contribution is 7.89. The topological polar surface area (TPSA) is 66.4 Å². The summed E-state index contributed by atoms with van der Waals surface area (Å²) in [5, 5.41) is 9.77. The Bertz CT molecular complexity index is 511. The molecule has 0 aliphatic heterocycles. The van der Waals surface area contributed by atoms with Crippen LogP contribution in [0.5, 0.6) is 0 Å². The van der Waals surface area contributed by atoms with Crippen molar-refractivity contribution in [1.29, 1.82) is 0 Å². The molecule has 1 aromatic rings. The van der Waals surface area contributed by atoms with Crippen molar-refractivity contribution in [2.24, 2.45) is 0 Å². The first-order valence-electron chi connectivity index (χ1n) is 5.39. The standard InChI is InChI=1S/C11H14FNO3S/c12-9-3-1-4-10(7-9)17(15,16)13-8-11(14)5-2-6-11/h1,3-4,7,13-14H,2,5-6,8H2. The Labute approximate surface area is 99.5 Å². The van der Waals surface area contributed by atoms with Crippen molar-refractivity contribution in [2.45, 2.75) is 29.8 Å². The first-order valence-corrected chi connectivity index (χ1v) is 6.87. The SMILES string of the molecule is O=S(=O)(NCC1(O)CCC1)c1cccc(F)c1. The molecule has 0 heterocycles. The van der Waals surface area contributed by atoms with Crippen LogP contribution in [0.4, 0.5) is 4.39 Å². The lowest BCUT2D eigenvalue weighted by Gasteiger charge is -2.36. The lowest BCUT2D eigenvalue weighted by atomic mass is 9.81. The fourth-order valence-electron chi connectivity index (χ4n) is 1.71. The summed E-state index contributed by atoms with van der Waals surface area (Å²) in [4.78, 5) is -0.125. The lowest BCUT2D eigenvalue weighted by molar-refractivity contribution is -0.0270. The van der Waals surface area contributed by atoms with Crippen LogP contribution in [0.3, 0.4) is 0 Å². The minimum atomic E-state index is -3.74. The second-order valence-electron chi connectivity index (χ2n) is 4.36. The molecule has 0 spiro atoms. The van der Waals surface area contributed by atoms with Crippen LogP contribution in [-0.4, -0.2) is 25.7 Å². The summed E-state index contributed by atoms with van der Waals surface area (Å²) < 4.78 is 38.8. The summed E-state index contributed by atoms with van der Waals surface area (Å²) >= 11 is 0. The van der Waals surface area contributed by atoms with Gasteiger partial charge in [-0.1, -0.05) is 6.07 Å².